The molecule has 1 aliphatic rings. The van der Waals surface area contributed by atoms with Crippen LogP contribution in [0.25, 0.3) is 0 Å². The van der Waals surface area contributed by atoms with Crippen molar-refractivity contribution in [2.45, 2.75) is 26.0 Å². The van der Waals surface area contributed by atoms with E-state index in [0.717, 1.165) is 18.7 Å². The fourth-order valence-electron chi connectivity index (χ4n) is 1.79. The summed E-state index contributed by atoms with van der Waals surface area (Å²) >= 11 is 1.22. The Labute approximate surface area is 93.1 Å². The summed E-state index contributed by atoms with van der Waals surface area (Å²) in [4.78, 5) is 2.18. The highest BCUT2D eigenvalue weighted by atomic mass is 32.1. The molecular formula is C9H16N4OS. The van der Waals surface area contributed by atoms with Gasteiger partial charge >= 0.3 is 0 Å². The lowest BCUT2D eigenvalue weighted by atomic mass is 9.96. The molecule has 2 unspecified atom stereocenters. The van der Waals surface area contributed by atoms with Gasteiger partial charge < -0.3 is 10.8 Å². The molecule has 0 radical (unpaired) electrons. The number of β-amino-alcohol motifs (C(OH)–C–C–N with tert-alkyl or cyclic N) is 1. The molecule has 0 aromatic carbocycles. The SMILES string of the molecule is CC1CCN(Cc2nnsc2N)CC1O. The lowest BCUT2D eigenvalue weighted by molar-refractivity contribution is 0.0255. The fourth-order valence-corrected chi connectivity index (χ4v) is 2.23. The van der Waals surface area contributed by atoms with Crippen molar-refractivity contribution in [2.24, 2.45) is 5.92 Å². The first-order valence-electron chi connectivity index (χ1n) is 5.14. The third-order valence-electron chi connectivity index (χ3n) is 2.96. The zero-order valence-electron chi connectivity index (χ0n) is 8.76. The van der Waals surface area contributed by atoms with Crippen LogP contribution in [0.1, 0.15) is 19.0 Å². The van der Waals surface area contributed by atoms with Crippen LogP contribution in [0.15, 0.2) is 0 Å². The Morgan fingerprint density at radius 1 is 1.67 bits per heavy atom. The summed E-state index contributed by atoms with van der Waals surface area (Å²) < 4.78 is 3.80. The van der Waals surface area contributed by atoms with E-state index in [0.29, 0.717) is 24.0 Å². The van der Waals surface area contributed by atoms with Gasteiger partial charge in [-0.2, -0.15) is 0 Å². The number of hydrogen-bond donors (Lipinski definition) is 2. The van der Waals surface area contributed by atoms with E-state index in [2.05, 4.69) is 21.4 Å². The highest BCUT2D eigenvalue weighted by Crippen LogP contribution is 2.20. The predicted molar refractivity (Wildman–Crippen MR) is 59.4 cm³/mol. The molecule has 84 valence electrons. The maximum Gasteiger partial charge on any atom is 0.132 e. The van der Waals surface area contributed by atoms with E-state index in [1.807, 2.05) is 0 Å². The number of hydrogen-bond acceptors (Lipinski definition) is 6. The van der Waals surface area contributed by atoms with Gasteiger partial charge in [-0.3, -0.25) is 4.90 Å². The quantitative estimate of drug-likeness (QED) is 0.762. The number of nitrogen functional groups attached to an aromatic ring is 1. The Bertz CT molecular complexity index is 330. The smallest absolute Gasteiger partial charge is 0.132 e. The van der Waals surface area contributed by atoms with E-state index >= 15 is 0 Å². The molecule has 1 aromatic rings. The van der Waals surface area contributed by atoms with Gasteiger partial charge in [0.15, 0.2) is 0 Å². The Kier molecular flexibility index (Phi) is 3.18. The van der Waals surface area contributed by atoms with Crippen LogP contribution in [-0.4, -0.2) is 38.8 Å². The standard InChI is InChI=1S/C9H16N4OS/c1-6-2-3-13(5-8(6)14)4-7-9(10)15-12-11-7/h6,8,14H,2-5,10H2,1H3. The molecule has 0 saturated carbocycles. The molecule has 0 spiro atoms. The van der Waals surface area contributed by atoms with Gasteiger partial charge in [0.2, 0.25) is 0 Å². The van der Waals surface area contributed by atoms with E-state index in [1.165, 1.54) is 11.5 Å². The Morgan fingerprint density at radius 3 is 3.07 bits per heavy atom. The summed E-state index contributed by atoms with van der Waals surface area (Å²) in [6.07, 6.45) is 0.796. The van der Waals surface area contributed by atoms with E-state index < -0.39 is 0 Å². The van der Waals surface area contributed by atoms with Crippen LogP contribution in [0, 0.1) is 5.92 Å². The van der Waals surface area contributed by atoms with Crippen LogP contribution in [0.3, 0.4) is 0 Å². The topological polar surface area (TPSA) is 75.3 Å². The number of aromatic nitrogens is 2. The summed E-state index contributed by atoms with van der Waals surface area (Å²) in [6, 6.07) is 0. The number of piperidine rings is 1. The minimum Gasteiger partial charge on any atom is -0.392 e. The number of likely N-dealkylation sites (tertiary alicyclic amines) is 1. The summed E-state index contributed by atoms with van der Waals surface area (Å²) in [7, 11) is 0. The van der Waals surface area contributed by atoms with Crippen LogP contribution in [0.5, 0.6) is 0 Å². The first-order chi connectivity index (χ1) is 7.16. The zero-order chi connectivity index (χ0) is 10.8. The van der Waals surface area contributed by atoms with Crippen molar-refractivity contribution >= 4 is 16.5 Å². The van der Waals surface area contributed by atoms with E-state index in [4.69, 9.17) is 5.73 Å². The molecule has 2 rings (SSSR count). The van der Waals surface area contributed by atoms with Crippen LogP contribution < -0.4 is 5.73 Å². The number of nitrogens with two attached hydrogens (primary N) is 1. The maximum absolute atomic E-state index is 9.74. The lowest BCUT2D eigenvalue weighted by Crippen LogP contribution is -2.42. The molecule has 2 atom stereocenters. The van der Waals surface area contributed by atoms with Crippen molar-refractivity contribution in [1.82, 2.24) is 14.5 Å². The molecule has 0 amide bonds. The molecule has 0 aliphatic carbocycles. The number of anilines is 1. The summed E-state index contributed by atoms with van der Waals surface area (Å²) in [5.41, 5.74) is 6.56. The van der Waals surface area contributed by atoms with E-state index in [-0.39, 0.29) is 6.10 Å². The van der Waals surface area contributed by atoms with Gasteiger partial charge in [-0.1, -0.05) is 11.4 Å². The van der Waals surface area contributed by atoms with E-state index in [1.54, 1.807) is 0 Å². The molecule has 0 bridgehead atoms. The zero-order valence-corrected chi connectivity index (χ0v) is 9.57. The monoisotopic (exact) mass is 228 g/mol. The first-order valence-corrected chi connectivity index (χ1v) is 5.91. The van der Waals surface area contributed by atoms with Crippen LogP contribution in [0.4, 0.5) is 5.00 Å². The summed E-state index contributed by atoms with van der Waals surface area (Å²) in [6.45, 7) is 4.49. The average molecular weight is 228 g/mol. The van der Waals surface area contributed by atoms with Crippen molar-refractivity contribution in [3.8, 4) is 0 Å². The molecule has 3 N–H and O–H groups in total. The highest BCUT2D eigenvalue weighted by Gasteiger charge is 2.25. The van der Waals surface area contributed by atoms with E-state index in [9.17, 15) is 5.11 Å². The second kappa shape index (κ2) is 4.42. The van der Waals surface area contributed by atoms with Gasteiger partial charge in [-0.05, 0) is 18.9 Å². The normalized spacial score (nSPS) is 28.1. The molecule has 5 nitrogen and oxygen atoms in total. The van der Waals surface area contributed by atoms with Gasteiger partial charge in [0.05, 0.1) is 6.10 Å². The van der Waals surface area contributed by atoms with Gasteiger partial charge in [-0.25, -0.2) is 0 Å². The number of nitrogens with zero attached hydrogens (tertiary/aromatic N) is 3. The molecule has 1 aliphatic heterocycles. The molecule has 6 heteroatoms. The van der Waals surface area contributed by atoms with Crippen molar-refractivity contribution in [1.29, 1.82) is 0 Å². The molecule has 1 fully saturated rings. The molecular weight excluding hydrogens is 212 g/mol. The lowest BCUT2D eigenvalue weighted by Gasteiger charge is -2.33. The van der Waals surface area contributed by atoms with Crippen molar-refractivity contribution < 1.29 is 5.11 Å². The van der Waals surface area contributed by atoms with Crippen LogP contribution in [-0.2, 0) is 6.54 Å². The third-order valence-corrected chi connectivity index (χ3v) is 3.56. The number of aliphatic hydroxyl groups excluding tert-OH is 1. The summed E-state index contributed by atoms with van der Waals surface area (Å²) in [5.74, 6) is 0.396. The Balaban J connectivity index is 1.94. The molecule has 1 aromatic heterocycles. The number of rotatable bonds is 2. The first kappa shape index (κ1) is 10.8. The van der Waals surface area contributed by atoms with Gasteiger partial charge in [0, 0.05) is 24.6 Å². The fraction of sp³-hybridized carbons (Fsp3) is 0.778. The Morgan fingerprint density at radius 2 is 2.47 bits per heavy atom. The Hall–Kier alpha value is -0.720. The van der Waals surface area contributed by atoms with Crippen molar-refractivity contribution in [3.05, 3.63) is 5.69 Å². The molecule has 2 heterocycles. The second-order valence-corrected chi connectivity index (χ2v) is 4.94. The van der Waals surface area contributed by atoms with Gasteiger partial charge in [-0.15, -0.1) is 5.10 Å². The van der Waals surface area contributed by atoms with Crippen LogP contribution >= 0.6 is 11.5 Å². The maximum atomic E-state index is 9.74. The largest absolute Gasteiger partial charge is 0.392 e. The van der Waals surface area contributed by atoms with Crippen LogP contribution in [0.2, 0.25) is 0 Å². The van der Waals surface area contributed by atoms with Crippen molar-refractivity contribution in [3.63, 3.8) is 0 Å². The predicted octanol–water partition coefficient (Wildman–Crippen LogP) is 0.323. The minimum atomic E-state index is -0.230. The molecule has 15 heavy (non-hydrogen) atoms. The van der Waals surface area contributed by atoms with Gasteiger partial charge in [0.1, 0.15) is 10.7 Å². The van der Waals surface area contributed by atoms with Crippen molar-refractivity contribution in [2.75, 3.05) is 18.8 Å². The average Bonchev–Trinajstić information content (AvgIpc) is 2.59. The van der Waals surface area contributed by atoms with Gasteiger partial charge in [0.25, 0.3) is 0 Å². The highest BCUT2D eigenvalue weighted by molar-refractivity contribution is 7.09. The third kappa shape index (κ3) is 2.45. The number of aliphatic hydroxyl groups is 1. The second-order valence-electron chi connectivity index (χ2n) is 4.15. The molecule has 1 saturated heterocycles. The summed E-state index contributed by atoms with van der Waals surface area (Å²) in [5, 5.41) is 14.4. The minimum absolute atomic E-state index is 0.230.